The van der Waals surface area contributed by atoms with E-state index in [0.717, 1.165) is 22.0 Å². The van der Waals surface area contributed by atoms with E-state index in [1.807, 2.05) is 25.2 Å². The Labute approximate surface area is 139 Å². The van der Waals surface area contributed by atoms with Crippen LogP contribution in [0.25, 0.3) is 17.0 Å². The maximum Gasteiger partial charge on any atom is 0.160 e. The molecule has 3 rings (SSSR count). The van der Waals surface area contributed by atoms with Gasteiger partial charge >= 0.3 is 0 Å². The fourth-order valence-corrected chi connectivity index (χ4v) is 2.71. The van der Waals surface area contributed by atoms with Gasteiger partial charge in [-0.3, -0.25) is 9.48 Å². The van der Waals surface area contributed by atoms with Gasteiger partial charge in [0.15, 0.2) is 17.3 Å². The zero-order valence-electron chi connectivity index (χ0n) is 13.6. The van der Waals surface area contributed by atoms with Gasteiger partial charge in [0.2, 0.25) is 0 Å². The summed E-state index contributed by atoms with van der Waals surface area (Å²) in [4.78, 5) is 12.3. The van der Waals surface area contributed by atoms with Crippen molar-refractivity contribution in [3.05, 3.63) is 59.8 Å². The van der Waals surface area contributed by atoms with Crippen molar-refractivity contribution in [1.82, 2.24) is 9.78 Å². The number of aryl methyl sites for hydroxylation is 1. The summed E-state index contributed by atoms with van der Waals surface area (Å²) in [6.07, 6.45) is 5.30. The lowest BCUT2D eigenvalue weighted by Gasteiger charge is -2.04. The van der Waals surface area contributed by atoms with Crippen LogP contribution in [-0.4, -0.2) is 27.8 Å². The van der Waals surface area contributed by atoms with Crippen LogP contribution in [0.1, 0.15) is 11.1 Å². The molecule has 1 N–H and O–H groups in total. The Morgan fingerprint density at radius 1 is 1.33 bits per heavy atom. The number of phenols is 1. The van der Waals surface area contributed by atoms with Crippen molar-refractivity contribution in [2.24, 2.45) is 7.05 Å². The van der Waals surface area contributed by atoms with Crippen LogP contribution in [0.5, 0.6) is 11.5 Å². The number of rotatable bonds is 5. The molecule has 0 spiro atoms. The highest BCUT2D eigenvalue weighted by Gasteiger charge is 2.08. The number of allylic oxidation sites excluding steroid dienone is 1. The zero-order chi connectivity index (χ0) is 17.1. The van der Waals surface area contributed by atoms with Crippen LogP contribution in [0.2, 0.25) is 0 Å². The van der Waals surface area contributed by atoms with Crippen molar-refractivity contribution in [2.45, 2.75) is 6.42 Å². The summed E-state index contributed by atoms with van der Waals surface area (Å²) in [5.74, 6) is 0.437. The van der Waals surface area contributed by atoms with Crippen LogP contribution < -0.4 is 4.74 Å². The smallest absolute Gasteiger partial charge is 0.160 e. The second-order valence-electron chi connectivity index (χ2n) is 5.53. The van der Waals surface area contributed by atoms with Crippen molar-refractivity contribution < 1.29 is 14.6 Å². The maximum atomic E-state index is 12.3. The highest BCUT2D eigenvalue weighted by Crippen LogP contribution is 2.26. The molecule has 1 aromatic heterocycles. The predicted octanol–water partition coefficient (Wildman–Crippen LogP) is 3.11. The molecule has 0 amide bonds. The lowest BCUT2D eigenvalue weighted by molar-refractivity contribution is -0.113. The van der Waals surface area contributed by atoms with Gasteiger partial charge in [-0.15, -0.1) is 0 Å². The number of benzene rings is 2. The number of phenolic OH excluding ortho intramolecular Hbond substituents is 1. The number of methoxy groups -OCH3 is 1. The predicted molar refractivity (Wildman–Crippen MR) is 93.1 cm³/mol. The number of ketones is 1. The standard InChI is InChI=1S/C19H18N2O3/c1-21-19-14(4-3-5-15(19)12-20-21)11-16(22)8-6-13-7-9-18(24-2)17(23)10-13/h3-10,12,23H,11H2,1-2H3/b8-6+. The summed E-state index contributed by atoms with van der Waals surface area (Å²) in [5, 5.41) is 15.0. The molecular formula is C19H18N2O3. The number of aromatic hydroxyl groups is 1. The quantitative estimate of drug-likeness (QED) is 0.733. The molecule has 0 saturated carbocycles. The first kappa shape index (κ1) is 15.8. The van der Waals surface area contributed by atoms with Crippen molar-refractivity contribution >= 4 is 22.8 Å². The molecule has 0 aliphatic carbocycles. The molecule has 3 aromatic rings. The van der Waals surface area contributed by atoms with Gasteiger partial charge < -0.3 is 9.84 Å². The molecule has 0 aliphatic heterocycles. The maximum absolute atomic E-state index is 12.3. The Morgan fingerprint density at radius 2 is 2.17 bits per heavy atom. The summed E-state index contributed by atoms with van der Waals surface area (Å²) >= 11 is 0. The minimum atomic E-state index is -0.0148. The summed E-state index contributed by atoms with van der Waals surface area (Å²) in [5.41, 5.74) is 2.65. The molecule has 0 atom stereocenters. The Morgan fingerprint density at radius 3 is 2.92 bits per heavy atom. The number of carbonyl (C=O) groups is 1. The molecule has 0 unspecified atom stereocenters. The molecule has 5 nitrogen and oxygen atoms in total. The lowest BCUT2D eigenvalue weighted by Crippen LogP contribution is -2.01. The monoisotopic (exact) mass is 322 g/mol. The Bertz CT molecular complexity index is 926. The number of hydrogen-bond acceptors (Lipinski definition) is 4. The van der Waals surface area contributed by atoms with E-state index in [2.05, 4.69) is 5.10 Å². The Kier molecular flexibility index (Phi) is 4.33. The van der Waals surface area contributed by atoms with E-state index in [4.69, 9.17) is 4.74 Å². The largest absolute Gasteiger partial charge is 0.504 e. The van der Waals surface area contributed by atoms with Crippen LogP contribution in [0.3, 0.4) is 0 Å². The van der Waals surface area contributed by atoms with Crippen LogP contribution in [-0.2, 0) is 18.3 Å². The molecule has 0 aliphatic rings. The third-order valence-corrected chi connectivity index (χ3v) is 3.87. The minimum absolute atomic E-state index is 0.0148. The van der Waals surface area contributed by atoms with E-state index in [1.54, 1.807) is 35.2 Å². The fourth-order valence-electron chi connectivity index (χ4n) is 2.71. The first-order valence-electron chi connectivity index (χ1n) is 7.56. The van der Waals surface area contributed by atoms with E-state index in [9.17, 15) is 9.90 Å². The van der Waals surface area contributed by atoms with Crippen molar-refractivity contribution in [3.63, 3.8) is 0 Å². The highest BCUT2D eigenvalue weighted by molar-refractivity contribution is 5.97. The van der Waals surface area contributed by atoms with E-state index in [0.29, 0.717) is 12.2 Å². The first-order valence-corrected chi connectivity index (χ1v) is 7.56. The third kappa shape index (κ3) is 3.15. The average molecular weight is 322 g/mol. The Balaban J connectivity index is 1.77. The van der Waals surface area contributed by atoms with Gasteiger partial charge in [0.25, 0.3) is 0 Å². The minimum Gasteiger partial charge on any atom is -0.504 e. The van der Waals surface area contributed by atoms with Crippen molar-refractivity contribution in [2.75, 3.05) is 7.11 Å². The third-order valence-electron chi connectivity index (χ3n) is 3.87. The van der Waals surface area contributed by atoms with Crippen LogP contribution in [0, 0.1) is 0 Å². The number of hydrogen-bond donors (Lipinski definition) is 1. The van der Waals surface area contributed by atoms with Gasteiger partial charge in [0.05, 0.1) is 18.8 Å². The zero-order valence-corrected chi connectivity index (χ0v) is 13.6. The van der Waals surface area contributed by atoms with Gasteiger partial charge in [-0.1, -0.05) is 30.3 Å². The topological polar surface area (TPSA) is 64.3 Å². The first-order chi connectivity index (χ1) is 11.6. The average Bonchev–Trinajstić information content (AvgIpc) is 2.95. The second kappa shape index (κ2) is 6.58. The normalized spacial score (nSPS) is 11.2. The SMILES string of the molecule is COc1ccc(/C=C/C(=O)Cc2cccc3cnn(C)c23)cc1O. The molecule has 1 heterocycles. The molecule has 0 radical (unpaired) electrons. The van der Waals surface area contributed by atoms with E-state index in [-0.39, 0.29) is 11.5 Å². The number of ether oxygens (including phenoxy) is 1. The molecule has 2 aromatic carbocycles. The van der Waals surface area contributed by atoms with E-state index < -0.39 is 0 Å². The summed E-state index contributed by atoms with van der Waals surface area (Å²) in [6.45, 7) is 0. The van der Waals surface area contributed by atoms with Gasteiger partial charge in [-0.25, -0.2) is 0 Å². The van der Waals surface area contributed by atoms with Gasteiger partial charge in [-0.2, -0.15) is 5.10 Å². The lowest BCUT2D eigenvalue weighted by atomic mass is 10.0. The number of aromatic nitrogens is 2. The molecular weight excluding hydrogens is 304 g/mol. The van der Waals surface area contributed by atoms with Crippen molar-refractivity contribution in [1.29, 1.82) is 0 Å². The van der Waals surface area contributed by atoms with E-state index in [1.165, 1.54) is 13.2 Å². The van der Waals surface area contributed by atoms with Crippen LogP contribution in [0.4, 0.5) is 0 Å². The summed E-state index contributed by atoms with van der Waals surface area (Å²) in [7, 11) is 3.36. The summed E-state index contributed by atoms with van der Waals surface area (Å²) in [6, 6.07) is 10.9. The molecule has 5 heteroatoms. The number of carbonyl (C=O) groups excluding carboxylic acids is 1. The number of nitrogens with zero attached hydrogens (tertiary/aromatic N) is 2. The second-order valence-corrected chi connectivity index (χ2v) is 5.53. The molecule has 0 bridgehead atoms. The van der Waals surface area contributed by atoms with Gasteiger partial charge in [0, 0.05) is 18.9 Å². The molecule has 24 heavy (non-hydrogen) atoms. The summed E-state index contributed by atoms with van der Waals surface area (Å²) < 4.78 is 6.78. The van der Waals surface area contributed by atoms with Gasteiger partial charge in [0.1, 0.15) is 0 Å². The van der Waals surface area contributed by atoms with Gasteiger partial charge in [-0.05, 0) is 29.3 Å². The fraction of sp³-hybridized carbons (Fsp3) is 0.158. The van der Waals surface area contributed by atoms with Crippen LogP contribution in [0.15, 0.2) is 48.7 Å². The van der Waals surface area contributed by atoms with E-state index >= 15 is 0 Å². The highest BCUT2D eigenvalue weighted by atomic mass is 16.5. The Hall–Kier alpha value is -3.08. The molecule has 122 valence electrons. The number of para-hydroxylation sites is 1. The number of fused-ring (bicyclic) bond motifs is 1. The van der Waals surface area contributed by atoms with Crippen LogP contribution >= 0.6 is 0 Å². The van der Waals surface area contributed by atoms with Crippen molar-refractivity contribution in [3.8, 4) is 11.5 Å². The molecule has 0 fully saturated rings. The molecule has 0 saturated heterocycles.